The van der Waals surface area contributed by atoms with E-state index in [1.165, 1.54) is 0 Å². The van der Waals surface area contributed by atoms with Crippen LogP contribution >= 0.6 is 11.8 Å². The molecule has 4 heteroatoms. The van der Waals surface area contributed by atoms with Gasteiger partial charge in [-0.3, -0.25) is 4.79 Å². The number of nitrogens with zero attached hydrogens (tertiary/aromatic N) is 1. The summed E-state index contributed by atoms with van der Waals surface area (Å²) in [5.74, 6) is 1.67. The quantitative estimate of drug-likeness (QED) is 0.712. The van der Waals surface area contributed by atoms with Gasteiger partial charge in [-0.15, -0.1) is 0 Å². The molecule has 2 N–H and O–H groups in total. The molecule has 0 fully saturated rings. The van der Waals surface area contributed by atoms with Gasteiger partial charge >= 0.3 is 0 Å². The van der Waals surface area contributed by atoms with E-state index in [-0.39, 0.29) is 5.91 Å². The van der Waals surface area contributed by atoms with E-state index < -0.39 is 0 Å². The molecule has 0 saturated heterocycles. The Hall–Kier alpha value is -0.220. The number of carbonyl (C=O) groups is 1. The van der Waals surface area contributed by atoms with Crippen LogP contribution in [-0.4, -0.2) is 42.4 Å². The molecule has 0 bridgehead atoms. The van der Waals surface area contributed by atoms with Crippen molar-refractivity contribution < 1.29 is 4.79 Å². The van der Waals surface area contributed by atoms with Gasteiger partial charge in [0.15, 0.2) is 0 Å². The second-order valence-electron chi connectivity index (χ2n) is 4.35. The van der Waals surface area contributed by atoms with Crippen LogP contribution < -0.4 is 5.73 Å². The van der Waals surface area contributed by atoms with Gasteiger partial charge < -0.3 is 10.6 Å². The van der Waals surface area contributed by atoms with E-state index in [2.05, 4.69) is 20.1 Å². The van der Waals surface area contributed by atoms with Crippen molar-refractivity contribution >= 4 is 17.7 Å². The highest BCUT2D eigenvalue weighted by atomic mass is 32.2. The molecule has 2 atom stereocenters. The van der Waals surface area contributed by atoms with E-state index in [9.17, 15) is 4.79 Å². The lowest BCUT2D eigenvalue weighted by molar-refractivity contribution is -0.132. The van der Waals surface area contributed by atoms with Gasteiger partial charge in [-0.1, -0.05) is 13.3 Å². The number of rotatable bonds is 8. The van der Waals surface area contributed by atoms with Crippen molar-refractivity contribution in [2.45, 2.75) is 39.2 Å². The lowest BCUT2D eigenvalue weighted by atomic mass is 10.0. The molecular weight excluding hydrogens is 220 g/mol. The fourth-order valence-corrected chi connectivity index (χ4v) is 2.09. The summed E-state index contributed by atoms with van der Waals surface area (Å²) in [4.78, 5) is 13.8. The van der Waals surface area contributed by atoms with Crippen molar-refractivity contribution in [1.29, 1.82) is 0 Å². The number of hydrogen-bond donors (Lipinski definition) is 1. The van der Waals surface area contributed by atoms with Crippen molar-refractivity contribution in [2.75, 3.05) is 25.6 Å². The number of amides is 1. The maximum Gasteiger partial charge on any atom is 0.222 e. The minimum atomic E-state index is 0.228. The topological polar surface area (TPSA) is 46.3 Å². The molecule has 1 amide bonds. The maximum atomic E-state index is 11.9. The van der Waals surface area contributed by atoms with Gasteiger partial charge in [0.05, 0.1) is 0 Å². The summed E-state index contributed by atoms with van der Waals surface area (Å²) in [7, 11) is 1.90. The first-order valence-electron chi connectivity index (χ1n) is 6.01. The monoisotopic (exact) mass is 246 g/mol. The predicted octanol–water partition coefficient (Wildman–Crippen LogP) is 1.96. The maximum absolute atomic E-state index is 11.9. The molecule has 0 spiro atoms. The highest BCUT2D eigenvalue weighted by Crippen LogP contribution is 2.12. The molecule has 0 heterocycles. The van der Waals surface area contributed by atoms with E-state index >= 15 is 0 Å². The second-order valence-corrected chi connectivity index (χ2v) is 5.33. The Kier molecular flexibility index (Phi) is 8.76. The molecule has 3 nitrogen and oxygen atoms in total. The lowest BCUT2D eigenvalue weighted by Gasteiger charge is -2.26. The van der Waals surface area contributed by atoms with Crippen LogP contribution in [-0.2, 0) is 4.79 Å². The Morgan fingerprint density at radius 3 is 2.56 bits per heavy atom. The smallest absolute Gasteiger partial charge is 0.222 e. The Morgan fingerprint density at radius 2 is 2.12 bits per heavy atom. The zero-order chi connectivity index (χ0) is 12.6. The minimum Gasteiger partial charge on any atom is -0.343 e. The van der Waals surface area contributed by atoms with Gasteiger partial charge in [0.25, 0.3) is 0 Å². The molecule has 0 aromatic carbocycles. The van der Waals surface area contributed by atoms with Crippen LogP contribution in [0.2, 0.25) is 0 Å². The van der Waals surface area contributed by atoms with Crippen LogP contribution in [0.1, 0.15) is 33.1 Å². The lowest BCUT2D eigenvalue weighted by Crippen LogP contribution is -2.37. The zero-order valence-electron chi connectivity index (χ0n) is 11.0. The minimum absolute atomic E-state index is 0.228. The van der Waals surface area contributed by atoms with E-state index in [4.69, 9.17) is 5.73 Å². The van der Waals surface area contributed by atoms with Crippen LogP contribution in [0.15, 0.2) is 0 Å². The van der Waals surface area contributed by atoms with Gasteiger partial charge in [-0.2, -0.15) is 11.8 Å². The summed E-state index contributed by atoms with van der Waals surface area (Å²) >= 11 is 1.82. The molecule has 96 valence electrons. The summed E-state index contributed by atoms with van der Waals surface area (Å²) in [6.45, 7) is 4.80. The third kappa shape index (κ3) is 5.75. The molecule has 0 aromatic rings. The summed E-state index contributed by atoms with van der Waals surface area (Å²) < 4.78 is 0. The molecule has 0 aliphatic rings. The molecule has 0 aliphatic carbocycles. The third-order valence-electron chi connectivity index (χ3n) is 3.17. The average Bonchev–Trinajstić information content (AvgIpc) is 2.31. The van der Waals surface area contributed by atoms with Crippen LogP contribution in [0.4, 0.5) is 0 Å². The van der Waals surface area contributed by atoms with E-state index in [1.54, 1.807) is 0 Å². The largest absolute Gasteiger partial charge is 0.343 e. The van der Waals surface area contributed by atoms with Crippen molar-refractivity contribution in [3.05, 3.63) is 0 Å². The van der Waals surface area contributed by atoms with E-state index in [0.717, 1.165) is 18.6 Å². The van der Waals surface area contributed by atoms with E-state index in [1.807, 2.05) is 23.7 Å². The standard InChI is InChI=1S/C12H26N2OS/c1-5-11(9-13)8-12(15)14(3)10(2)6-7-16-4/h10-11H,5-9,13H2,1-4H3. The molecule has 0 aromatic heterocycles. The number of thioether (sulfide) groups is 1. The Bertz CT molecular complexity index is 195. The number of hydrogen-bond acceptors (Lipinski definition) is 3. The van der Waals surface area contributed by atoms with Crippen molar-refractivity contribution in [3.63, 3.8) is 0 Å². The SMILES string of the molecule is CCC(CN)CC(=O)N(C)C(C)CCSC. The molecule has 0 aliphatic heterocycles. The predicted molar refractivity (Wildman–Crippen MR) is 72.7 cm³/mol. The number of carbonyl (C=O) groups excluding carboxylic acids is 1. The summed E-state index contributed by atoms with van der Waals surface area (Å²) in [5.41, 5.74) is 5.61. The molecular formula is C12H26N2OS. The van der Waals surface area contributed by atoms with Crippen LogP contribution in [0, 0.1) is 5.92 Å². The fourth-order valence-electron chi connectivity index (χ4n) is 1.51. The van der Waals surface area contributed by atoms with Crippen molar-refractivity contribution in [2.24, 2.45) is 11.7 Å². The molecule has 0 rings (SSSR count). The normalized spacial score (nSPS) is 14.6. The Labute approximate surface area is 104 Å². The number of nitrogens with two attached hydrogens (primary N) is 1. The highest BCUT2D eigenvalue weighted by Gasteiger charge is 2.18. The molecule has 0 saturated carbocycles. The third-order valence-corrected chi connectivity index (χ3v) is 3.81. The van der Waals surface area contributed by atoms with Crippen LogP contribution in [0.25, 0.3) is 0 Å². The first-order valence-corrected chi connectivity index (χ1v) is 7.40. The van der Waals surface area contributed by atoms with E-state index in [0.29, 0.717) is 24.9 Å². The fraction of sp³-hybridized carbons (Fsp3) is 0.917. The second kappa shape index (κ2) is 8.88. The van der Waals surface area contributed by atoms with Gasteiger partial charge in [0, 0.05) is 19.5 Å². The summed E-state index contributed by atoms with van der Waals surface area (Å²) in [6, 6.07) is 0.329. The summed E-state index contributed by atoms with van der Waals surface area (Å²) in [6.07, 6.45) is 4.72. The van der Waals surface area contributed by atoms with Crippen molar-refractivity contribution in [1.82, 2.24) is 4.90 Å². The summed E-state index contributed by atoms with van der Waals surface area (Å²) in [5, 5.41) is 0. The Balaban J connectivity index is 4.05. The molecule has 2 unspecified atom stereocenters. The van der Waals surface area contributed by atoms with Gasteiger partial charge in [-0.25, -0.2) is 0 Å². The Morgan fingerprint density at radius 1 is 1.50 bits per heavy atom. The molecule has 16 heavy (non-hydrogen) atoms. The first kappa shape index (κ1) is 15.8. The van der Waals surface area contributed by atoms with Crippen LogP contribution in [0.3, 0.4) is 0 Å². The highest BCUT2D eigenvalue weighted by molar-refractivity contribution is 7.98. The van der Waals surface area contributed by atoms with Gasteiger partial charge in [0.2, 0.25) is 5.91 Å². The molecule has 0 radical (unpaired) electrons. The van der Waals surface area contributed by atoms with Gasteiger partial charge in [0.1, 0.15) is 0 Å². The zero-order valence-corrected chi connectivity index (χ0v) is 11.8. The van der Waals surface area contributed by atoms with Crippen LogP contribution in [0.5, 0.6) is 0 Å². The van der Waals surface area contributed by atoms with Crippen molar-refractivity contribution in [3.8, 4) is 0 Å². The average molecular weight is 246 g/mol. The first-order chi connectivity index (χ1) is 7.56. The van der Waals surface area contributed by atoms with Gasteiger partial charge in [-0.05, 0) is 37.8 Å².